The molecule has 0 fully saturated rings. The maximum Gasteiger partial charge on any atom is 0.264 e. The Kier molecular flexibility index (Phi) is 11.0. The molecule has 0 heterocycles. The summed E-state index contributed by atoms with van der Waals surface area (Å²) in [5.74, 6) is -0.138. The van der Waals surface area contributed by atoms with E-state index < -0.39 is 28.5 Å². The number of sulfonamides is 1. The molecule has 0 aromatic heterocycles. The average molecular weight is 586 g/mol. The van der Waals surface area contributed by atoms with Gasteiger partial charge in [-0.05, 0) is 73.9 Å². The Balaban J connectivity index is 2.02. The number of carbonyl (C=O) groups excluding carboxylic acids is 2. The van der Waals surface area contributed by atoms with Gasteiger partial charge in [-0.3, -0.25) is 13.9 Å². The topological polar surface area (TPSA) is 96.0 Å². The molecular weight excluding hydrogens is 550 g/mol. The fourth-order valence-corrected chi connectivity index (χ4v) is 5.69. The van der Waals surface area contributed by atoms with Crippen molar-refractivity contribution in [3.05, 3.63) is 89.4 Å². The van der Waals surface area contributed by atoms with Gasteiger partial charge < -0.3 is 15.0 Å². The van der Waals surface area contributed by atoms with E-state index in [9.17, 15) is 18.0 Å². The summed E-state index contributed by atoms with van der Waals surface area (Å²) in [7, 11) is -2.58. The van der Waals surface area contributed by atoms with E-state index in [-0.39, 0.29) is 23.4 Å². The van der Waals surface area contributed by atoms with E-state index in [1.54, 1.807) is 49.6 Å². The Morgan fingerprint density at radius 2 is 1.55 bits per heavy atom. The van der Waals surface area contributed by atoms with E-state index in [4.69, 9.17) is 16.3 Å². The number of methoxy groups -OCH3 is 1. The van der Waals surface area contributed by atoms with Gasteiger partial charge >= 0.3 is 0 Å². The molecule has 3 aromatic carbocycles. The van der Waals surface area contributed by atoms with Gasteiger partial charge in [0.05, 0.1) is 17.7 Å². The average Bonchev–Trinajstić information content (AvgIpc) is 2.96. The van der Waals surface area contributed by atoms with Crippen LogP contribution in [0.3, 0.4) is 0 Å². The van der Waals surface area contributed by atoms with Gasteiger partial charge in [-0.25, -0.2) is 8.42 Å². The zero-order chi connectivity index (χ0) is 29.3. The molecule has 0 saturated carbocycles. The predicted molar refractivity (Wildman–Crippen MR) is 158 cm³/mol. The number of nitrogens with one attached hydrogen (secondary N) is 1. The van der Waals surface area contributed by atoms with Crippen LogP contribution in [-0.4, -0.2) is 50.9 Å². The van der Waals surface area contributed by atoms with E-state index in [1.807, 2.05) is 32.9 Å². The lowest BCUT2D eigenvalue weighted by Gasteiger charge is -2.33. The van der Waals surface area contributed by atoms with Crippen LogP contribution in [0.25, 0.3) is 0 Å². The van der Waals surface area contributed by atoms with Crippen molar-refractivity contribution in [2.24, 2.45) is 0 Å². The minimum Gasteiger partial charge on any atom is -0.497 e. The van der Waals surface area contributed by atoms with Gasteiger partial charge in [0, 0.05) is 17.6 Å². The van der Waals surface area contributed by atoms with Crippen LogP contribution in [0.15, 0.2) is 83.8 Å². The van der Waals surface area contributed by atoms with Crippen LogP contribution in [0.1, 0.15) is 39.2 Å². The Hall–Kier alpha value is -3.56. The molecule has 214 valence electrons. The SMILES string of the molecule is CC[C@H](C)NC(=O)[C@H](CC)N(Cc1ccc(OC)cc1)C(=O)CN(c1ccccc1)S(=O)(=O)c1ccc(Cl)cc1. The molecule has 10 heteroatoms. The number of amides is 2. The molecule has 3 aromatic rings. The highest BCUT2D eigenvalue weighted by Gasteiger charge is 2.34. The zero-order valence-corrected chi connectivity index (χ0v) is 24.8. The molecule has 0 spiro atoms. The van der Waals surface area contributed by atoms with Crippen molar-refractivity contribution in [2.45, 2.75) is 57.1 Å². The summed E-state index contributed by atoms with van der Waals surface area (Å²) >= 11 is 5.99. The third kappa shape index (κ3) is 7.76. The van der Waals surface area contributed by atoms with E-state index in [0.29, 0.717) is 22.9 Å². The molecule has 3 rings (SSSR count). The fourth-order valence-electron chi connectivity index (χ4n) is 4.15. The van der Waals surface area contributed by atoms with Crippen molar-refractivity contribution in [3.8, 4) is 5.75 Å². The van der Waals surface area contributed by atoms with Gasteiger partial charge in [0.2, 0.25) is 11.8 Å². The zero-order valence-electron chi connectivity index (χ0n) is 23.2. The molecule has 0 saturated heterocycles. The van der Waals surface area contributed by atoms with Gasteiger partial charge in [0.1, 0.15) is 18.3 Å². The van der Waals surface area contributed by atoms with Crippen LogP contribution >= 0.6 is 11.6 Å². The quantitative estimate of drug-likeness (QED) is 0.295. The van der Waals surface area contributed by atoms with Gasteiger partial charge in [-0.15, -0.1) is 0 Å². The number of para-hydroxylation sites is 1. The van der Waals surface area contributed by atoms with Gasteiger partial charge in [0.25, 0.3) is 10.0 Å². The molecule has 1 N–H and O–H groups in total. The molecule has 0 unspecified atom stereocenters. The Morgan fingerprint density at radius 3 is 2.10 bits per heavy atom. The lowest BCUT2D eigenvalue weighted by molar-refractivity contribution is -0.140. The Morgan fingerprint density at radius 1 is 0.925 bits per heavy atom. The third-order valence-corrected chi connectivity index (χ3v) is 8.66. The number of anilines is 1. The molecule has 2 amide bonds. The van der Waals surface area contributed by atoms with Crippen LogP contribution in [0.4, 0.5) is 5.69 Å². The molecule has 0 radical (unpaired) electrons. The van der Waals surface area contributed by atoms with Crippen LogP contribution in [-0.2, 0) is 26.2 Å². The van der Waals surface area contributed by atoms with Crippen LogP contribution < -0.4 is 14.4 Å². The van der Waals surface area contributed by atoms with Crippen molar-refractivity contribution in [1.82, 2.24) is 10.2 Å². The van der Waals surface area contributed by atoms with Gasteiger partial charge in [-0.2, -0.15) is 0 Å². The molecule has 0 aliphatic rings. The molecule has 40 heavy (non-hydrogen) atoms. The van der Waals surface area contributed by atoms with Crippen LogP contribution in [0, 0.1) is 0 Å². The second-order valence-electron chi connectivity index (χ2n) is 9.41. The summed E-state index contributed by atoms with van der Waals surface area (Å²) in [5.41, 5.74) is 1.10. The summed E-state index contributed by atoms with van der Waals surface area (Å²) in [6.45, 7) is 5.30. The number of halogens is 1. The first kappa shape index (κ1) is 31.0. The molecule has 0 aliphatic heterocycles. The lowest BCUT2D eigenvalue weighted by Crippen LogP contribution is -2.53. The number of benzene rings is 3. The summed E-state index contributed by atoms with van der Waals surface area (Å²) < 4.78 is 33.9. The van der Waals surface area contributed by atoms with Crippen molar-refractivity contribution < 1.29 is 22.7 Å². The highest BCUT2D eigenvalue weighted by atomic mass is 35.5. The second-order valence-corrected chi connectivity index (χ2v) is 11.7. The lowest BCUT2D eigenvalue weighted by atomic mass is 10.1. The minimum absolute atomic E-state index is 0.00295. The summed E-state index contributed by atoms with van der Waals surface area (Å²) in [4.78, 5) is 28.8. The molecular formula is C30H36ClN3O5S. The largest absolute Gasteiger partial charge is 0.497 e. The fraction of sp³-hybridized carbons (Fsp3) is 0.333. The van der Waals surface area contributed by atoms with E-state index in [1.165, 1.54) is 29.2 Å². The van der Waals surface area contributed by atoms with Crippen molar-refractivity contribution in [3.63, 3.8) is 0 Å². The first-order valence-corrected chi connectivity index (χ1v) is 15.0. The normalized spacial score (nSPS) is 12.7. The van der Waals surface area contributed by atoms with Gasteiger partial charge in [-0.1, -0.05) is 55.8 Å². The third-order valence-electron chi connectivity index (χ3n) is 6.62. The Labute approximate surface area is 241 Å². The van der Waals surface area contributed by atoms with Crippen molar-refractivity contribution in [1.29, 1.82) is 0 Å². The molecule has 0 bridgehead atoms. The summed E-state index contributed by atoms with van der Waals surface area (Å²) in [6.07, 6.45) is 1.08. The number of hydrogen-bond acceptors (Lipinski definition) is 5. The molecule has 8 nitrogen and oxygen atoms in total. The first-order valence-electron chi connectivity index (χ1n) is 13.2. The highest BCUT2D eigenvalue weighted by Crippen LogP contribution is 2.26. The van der Waals surface area contributed by atoms with E-state index in [0.717, 1.165) is 16.3 Å². The predicted octanol–water partition coefficient (Wildman–Crippen LogP) is 5.27. The number of nitrogens with zero attached hydrogens (tertiary/aromatic N) is 2. The van der Waals surface area contributed by atoms with Crippen LogP contribution in [0.5, 0.6) is 5.75 Å². The Bertz CT molecular complexity index is 1370. The van der Waals surface area contributed by atoms with Gasteiger partial charge in [0.15, 0.2) is 0 Å². The summed E-state index contributed by atoms with van der Waals surface area (Å²) in [6, 6.07) is 20.5. The molecule has 2 atom stereocenters. The minimum atomic E-state index is -4.15. The maximum absolute atomic E-state index is 14.0. The van der Waals surface area contributed by atoms with E-state index >= 15 is 0 Å². The van der Waals surface area contributed by atoms with E-state index in [2.05, 4.69) is 5.32 Å². The number of rotatable bonds is 13. The number of carbonyl (C=O) groups is 2. The maximum atomic E-state index is 14.0. The highest BCUT2D eigenvalue weighted by molar-refractivity contribution is 7.92. The molecule has 0 aliphatic carbocycles. The van der Waals surface area contributed by atoms with Crippen LogP contribution in [0.2, 0.25) is 5.02 Å². The van der Waals surface area contributed by atoms with Crippen molar-refractivity contribution >= 4 is 39.1 Å². The smallest absolute Gasteiger partial charge is 0.264 e. The second kappa shape index (κ2) is 14.2. The summed E-state index contributed by atoms with van der Waals surface area (Å²) in [5, 5.41) is 3.36. The van der Waals surface area contributed by atoms with Crippen molar-refractivity contribution in [2.75, 3.05) is 18.0 Å². The number of hydrogen-bond donors (Lipinski definition) is 1. The monoisotopic (exact) mass is 585 g/mol. The first-order chi connectivity index (χ1) is 19.1. The number of ether oxygens (including phenoxy) is 1. The standard InChI is InChI=1S/C30H36ClN3O5S/c1-5-22(3)32-30(36)28(6-2)33(20-23-12-16-26(39-4)17-13-23)29(35)21-34(25-10-8-7-9-11-25)40(37,38)27-18-14-24(31)15-19-27/h7-19,22,28H,5-6,20-21H2,1-4H3,(H,32,36)/t22-,28-/m0/s1.